The van der Waals surface area contributed by atoms with Crippen LogP contribution in [0, 0.1) is 26.0 Å². The SMILES string of the molecule is COc1cc(/C=C2\SC(=S)N(c3ccccc3F)C2=O)ccc1Oc1ccc([N+](=O)[O-])cc1[N+](=O)[O-]. The molecule has 0 N–H and O–H groups in total. The molecule has 4 rings (SSSR count). The van der Waals surface area contributed by atoms with Gasteiger partial charge in [-0.2, -0.15) is 0 Å². The number of carbonyl (C=O) groups is 1. The molecule has 0 saturated carbocycles. The van der Waals surface area contributed by atoms with Gasteiger partial charge in [-0.05, 0) is 42.0 Å². The Balaban J connectivity index is 1.63. The Morgan fingerprint density at radius 3 is 2.39 bits per heavy atom. The number of halogens is 1. The number of ether oxygens (including phenoxy) is 2. The number of thioether (sulfide) groups is 1. The van der Waals surface area contributed by atoms with Crippen molar-refractivity contribution < 1.29 is 28.5 Å². The van der Waals surface area contributed by atoms with Gasteiger partial charge in [0.1, 0.15) is 5.82 Å². The number of amides is 1. The number of hydrogen-bond donors (Lipinski definition) is 0. The standard InChI is InChI=1S/C23H14FN3O7S2/c1-33-20-10-13(11-21-22(28)25(23(35)36-21)16-5-3-2-4-15(16)24)6-8-19(20)34-18-9-7-14(26(29)30)12-17(18)27(31)32/h2-12H,1H3/b21-11-. The van der Waals surface area contributed by atoms with E-state index < -0.39 is 32.9 Å². The number of non-ortho nitro benzene ring substituents is 1. The van der Waals surface area contributed by atoms with E-state index >= 15 is 0 Å². The summed E-state index contributed by atoms with van der Waals surface area (Å²) in [6.07, 6.45) is 1.54. The highest BCUT2D eigenvalue weighted by Gasteiger charge is 2.34. The number of nitro groups is 2. The normalized spacial score (nSPS) is 14.3. The van der Waals surface area contributed by atoms with E-state index in [0.29, 0.717) is 5.56 Å². The summed E-state index contributed by atoms with van der Waals surface area (Å²) in [6, 6.07) is 13.4. The average Bonchev–Trinajstić information content (AvgIpc) is 3.12. The van der Waals surface area contributed by atoms with Crippen LogP contribution >= 0.6 is 24.0 Å². The first-order valence-corrected chi connectivity index (χ1v) is 11.2. The number of hydrogen-bond acceptors (Lipinski definition) is 9. The maximum absolute atomic E-state index is 14.2. The first-order chi connectivity index (χ1) is 17.2. The molecular weight excluding hydrogens is 513 g/mol. The second-order valence-corrected chi connectivity index (χ2v) is 8.82. The molecule has 0 unspecified atom stereocenters. The zero-order valence-electron chi connectivity index (χ0n) is 18.2. The third-order valence-corrected chi connectivity index (χ3v) is 6.24. The van der Waals surface area contributed by atoms with E-state index in [1.807, 2.05) is 0 Å². The zero-order chi connectivity index (χ0) is 26.0. The fraction of sp³-hybridized carbons (Fsp3) is 0.0435. The lowest BCUT2D eigenvalue weighted by atomic mass is 10.1. The van der Waals surface area contributed by atoms with Crippen molar-refractivity contribution in [3.63, 3.8) is 0 Å². The number of carbonyl (C=O) groups excluding carboxylic acids is 1. The highest BCUT2D eigenvalue weighted by Crippen LogP contribution is 2.40. The molecule has 0 radical (unpaired) electrons. The van der Waals surface area contributed by atoms with Crippen LogP contribution in [-0.2, 0) is 4.79 Å². The van der Waals surface area contributed by atoms with Crippen LogP contribution in [-0.4, -0.2) is 27.2 Å². The minimum Gasteiger partial charge on any atom is -0.493 e. The van der Waals surface area contributed by atoms with Crippen LogP contribution in [0.4, 0.5) is 21.5 Å². The third kappa shape index (κ3) is 4.87. The molecule has 0 bridgehead atoms. The minimum atomic E-state index is -0.791. The summed E-state index contributed by atoms with van der Waals surface area (Å²) >= 11 is 6.28. The van der Waals surface area contributed by atoms with Crippen LogP contribution in [0.15, 0.2) is 65.6 Å². The summed E-state index contributed by atoms with van der Waals surface area (Å²) in [6.45, 7) is 0. The van der Waals surface area contributed by atoms with Gasteiger partial charge in [0.15, 0.2) is 15.8 Å². The molecule has 1 aliphatic heterocycles. The molecule has 0 atom stereocenters. The van der Waals surface area contributed by atoms with Crippen LogP contribution in [0.25, 0.3) is 6.08 Å². The van der Waals surface area contributed by atoms with E-state index in [1.165, 1.54) is 37.4 Å². The van der Waals surface area contributed by atoms with Gasteiger partial charge >= 0.3 is 5.69 Å². The van der Waals surface area contributed by atoms with Gasteiger partial charge < -0.3 is 9.47 Å². The molecule has 0 aromatic heterocycles. The molecule has 0 spiro atoms. The van der Waals surface area contributed by atoms with Gasteiger partial charge in [-0.15, -0.1) is 0 Å². The molecule has 1 aliphatic rings. The summed E-state index contributed by atoms with van der Waals surface area (Å²) in [5.74, 6) is -1.01. The minimum absolute atomic E-state index is 0.0504. The molecule has 10 nitrogen and oxygen atoms in total. The van der Waals surface area contributed by atoms with Crippen molar-refractivity contribution in [2.24, 2.45) is 0 Å². The largest absolute Gasteiger partial charge is 0.493 e. The number of thiocarbonyl (C=S) groups is 1. The lowest BCUT2D eigenvalue weighted by Crippen LogP contribution is -2.28. The topological polar surface area (TPSA) is 125 Å². The maximum Gasteiger partial charge on any atom is 0.318 e. The number of anilines is 1. The van der Waals surface area contributed by atoms with Gasteiger partial charge in [0, 0.05) is 6.07 Å². The Kier molecular flexibility index (Phi) is 6.94. The molecule has 1 fully saturated rings. The number of benzene rings is 3. The third-order valence-electron chi connectivity index (χ3n) is 4.94. The van der Waals surface area contributed by atoms with Gasteiger partial charge in [0.25, 0.3) is 11.6 Å². The van der Waals surface area contributed by atoms with Crippen molar-refractivity contribution in [3.8, 4) is 17.2 Å². The molecule has 3 aromatic carbocycles. The monoisotopic (exact) mass is 527 g/mol. The quantitative estimate of drug-likeness (QED) is 0.161. The summed E-state index contributed by atoms with van der Waals surface area (Å²) in [5, 5.41) is 22.3. The number of para-hydroxylation sites is 1. The number of nitro benzene ring substituents is 2. The maximum atomic E-state index is 14.2. The lowest BCUT2D eigenvalue weighted by molar-refractivity contribution is -0.394. The van der Waals surface area contributed by atoms with E-state index in [2.05, 4.69) is 0 Å². The Bertz CT molecular complexity index is 1460. The van der Waals surface area contributed by atoms with Crippen LogP contribution in [0.3, 0.4) is 0 Å². The van der Waals surface area contributed by atoms with Gasteiger partial charge in [0.2, 0.25) is 5.75 Å². The molecule has 0 aliphatic carbocycles. The van der Waals surface area contributed by atoms with Gasteiger partial charge in [-0.25, -0.2) is 4.39 Å². The van der Waals surface area contributed by atoms with Crippen molar-refractivity contribution in [2.75, 3.05) is 12.0 Å². The van der Waals surface area contributed by atoms with E-state index in [1.54, 1.807) is 18.2 Å². The Hall–Kier alpha value is -4.36. The Morgan fingerprint density at radius 2 is 1.72 bits per heavy atom. The van der Waals surface area contributed by atoms with Crippen LogP contribution in [0.5, 0.6) is 17.2 Å². The number of nitrogens with zero attached hydrogens (tertiary/aromatic N) is 3. The number of methoxy groups -OCH3 is 1. The highest BCUT2D eigenvalue weighted by atomic mass is 32.2. The summed E-state index contributed by atoms with van der Waals surface area (Å²) in [5.41, 5.74) is -0.475. The van der Waals surface area contributed by atoms with Crippen molar-refractivity contribution in [3.05, 3.63) is 97.2 Å². The van der Waals surface area contributed by atoms with E-state index in [9.17, 15) is 29.4 Å². The second-order valence-electron chi connectivity index (χ2n) is 7.15. The van der Waals surface area contributed by atoms with E-state index in [-0.39, 0.29) is 32.2 Å². The smallest absolute Gasteiger partial charge is 0.318 e. The van der Waals surface area contributed by atoms with Crippen molar-refractivity contribution in [1.29, 1.82) is 0 Å². The summed E-state index contributed by atoms with van der Waals surface area (Å²) in [7, 11) is 1.36. The number of rotatable bonds is 7. The van der Waals surface area contributed by atoms with E-state index in [0.717, 1.165) is 34.9 Å². The Labute approximate surface area is 212 Å². The van der Waals surface area contributed by atoms with Crippen molar-refractivity contribution in [2.45, 2.75) is 0 Å². The molecule has 1 heterocycles. The molecule has 1 saturated heterocycles. The predicted octanol–water partition coefficient (Wildman–Crippen LogP) is 5.85. The highest BCUT2D eigenvalue weighted by molar-refractivity contribution is 8.27. The molecule has 1 amide bonds. The van der Waals surface area contributed by atoms with Gasteiger partial charge in [-0.1, -0.05) is 42.2 Å². The molecule has 182 valence electrons. The van der Waals surface area contributed by atoms with Crippen LogP contribution < -0.4 is 14.4 Å². The lowest BCUT2D eigenvalue weighted by Gasteiger charge is -2.14. The van der Waals surface area contributed by atoms with Gasteiger partial charge in [-0.3, -0.25) is 29.9 Å². The zero-order valence-corrected chi connectivity index (χ0v) is 19.9. The molecule has 13 heteroatoms. The Morgan fingerprint density at radius 1 is 1.00 bits per heavy atom. The summed E-state index contributed by atoms with van der Waals surface area (Å²) in [4.78, 5) is 35.1. The average molecular weight is 528 g/mol. The van der Waals surface area contributed by atoms with Crippen molar-refractivity contribution >= 4 is 57.3 Å². The summed E-state index contributed by atoms with van der Waals surface area (Å²) < 4.78 is 25.3. The molecule has 3 aromatic rings. The molecule has 36 heavy (non-hydrogen) atoms. The fourth-order valence-corrected chi connectivity index (χ4v) is 4.57. The molecular formula is C23H14FN3O7S2. The van der Waals surface area contributed by atoms with Gasteiger partial charge in [0.05, 0.1) is 33.6 Å². The van der Waals surface area contributed by atoms with Crippen LogP contribution in [0.2, 0.25) is 0 Å². The second kappa shape index (κ2) is 10.1. The van der Waals surface area contributed by atoms with E-state index in [4.69, 9.17) is 21.7 Å². The first kappa shape index (κ1) is 24.8. The van der Waals surface area contributed by atoms with Crippen molar-refractivity contribution in [1.82, 2.24) is 0 Å². The fourth-order valence-electron chi connectivity index (χ4n) is 3.28. The first-order valence-electron chi connectivity index (χ1n) is 10.0. The predicted molar refractivity (Wildman–Crippen MR) is 135 cm³/mol. The van der Waals surface area contributed by atoms with Crippen LogP contribution in [0.1, 0.15) is 5.56 Å².